The summed E-state index contributed by atoms with van der Waals surface area (Å²) in [6.45, 7) is 1.71. The molecule has 0 aromatic heterocycles. The fourth-order valence-corrected chi connectivity index (χ4v) is 3.20. The van der Waals surface area contributed by atoms with Crippen LogP contribution < -0.4 is 4.74 Å². The van der Waals surface area contributed by atoms with Crippen LogP contribution in [0, 0.1) is 0 Å². The van der Waals surface area contributed by atoms with Crippen molar-refractivity contribution >= 4 is 17.6 Å². The Morgan fingerprint density at radius 2 is 1.56 bits per heavy atom. The van der Waals surface area contributed by atoms with Crippen molar-refractivity contribution in [3.8, 4) is 5.75 Å². The third-order valence-corrected chi connectivity index (χ3v) is 4.64. The van der Waals surface area contributed by atoms with Crippen LogP contribution in [0.4, 0.5) is 0 Å². The Morgan fingerprint density at radius 1 is 0.920 bits per heavy atom. The number of methoxy groups -OCH3 is 1. The summed E-state index contributed by atoms with van der Waals surface area (Å²) in [5.41, 5.74) is 2.73. The first-order chi connectivity index (χ1) is 12.3. The van der Waals surface area contributed by atoms with Gasteiger partial charge < -0.3 is 9.64 Å². The number of rotatable bonds is 4. The lowest BCUT2D eigenvalue weighted by atomic mass is 10.0. The molecule has 3 nitrogen and oxygen atoms in total. The van der Waals surface area contributed by atoms with E-state index in [1.807, 2.05) is 65.6 Å². The van der Waals surface area contributed by atoms with Crippen LogP contribution in [0.2, 0.25) is 0 Å². The summed E-state index contributed by atoms with van der Waals surface area (Å²) >= 11 is 0. The van der Waals surface area contributed by atoms with Crippen molar-refractivity contribution in [1.82, 2.24) is 4.90 Å². The van der Waals surface area contributed by atoms with E-state index in [1.54, 1.807) is 7.11 Å². The van der Waals surface area contributed by atoms with Gasteiger partial charge in [0.15, 0.2) is 0 Å². The molecule has 2 aromatic rings. The average molecular weight is 335 g/mol. The maximum atomic E-state index is 13.2. The SMILES string of the molecule is COc1ccc(/C=C(\C(=O)N2CCCCCC2)c2ccccc2)cc1. The minimum absolute atomic E-state index is 0.129. The van der Waals surface area contributed by atoms with Gasteiger partial charge in [0, 0.05) is 18.7 Å². The van der Waals surface area contributed by atoms with Crippen LogP contribution in [-0.2, 0) is 4.79 Å². The number of hydrogen-bond donors (Lipinski definition) is 0. The Kier molecular flexibility index (Phi) is 5.89. The predicted octanol–water partition coefficient (Wildman–Crippen LogP) is 4.64. The molecule has 1 heterocycles. The van der Waals surface area contributed by atoms with Crippen LogP contribution in [-0.4, -0.2) is 31.0 Å². The topological polar surface area (TPSA) is 29.5 Å². The number of carbonyl (C=O) groups is 1. The van der Waals surface area contributed by atoms with Crippen LogP contribution in [0.3, 0.4) is 0 Å². The van der Waals surface area contributed by atoms with Crippen molar-refractivity contribution in [2.75, 3.05) is 20.2 Å². The summed E-state index contributed by atoms with van der Waals surface area (Å²) in [6, 6.07) is 17.8. The smallest absolute Gasteiger partial charge is 0.254 e. The van der Waals surface area contributed by atoms with Crippen molar-refractivity contribution in [3.05, 3.63) is 65.7 Å². The normalized spacial score (nSPS) is 15.6. The first kappa shape index (κ1) is 17.3. The number of likely N-dealkylation sites (tertiary alicyclic amines) is 1. The van der Waals surface area contributed by atoms with Crippen LogP contribution in [0.5, 0.6) is 5.75 Å². The monoisotopic (exact) mass is 335 g/mol. The fourth-order valence-electron chi connectivity index (χ4n) is 3.20. The van der Waals surface area contributed by atoms with Crippen LogP contribution >= 0.6 is 0 Å². The molecule has 0 unspecified atom stereocenters. The van der Waals surface area contributed by atoms with Crippen molar-refractivity contribution < 1.29 is 9.53 Å². The molecule has 2 aromatic carbocycles. The van der Waals surface area contributed by atoms with Gasteiger partial charge in [0.05, 0.1) is 7.11 Å². The second-order valence-corrected chi connectivity index (χ2v) is 6.40. The van der Waals surface area contributed by atoms with Crippen LogP contribution in [0.25, 0.3) is 11.6 Å². The number of hydrogen-bond acceptors (Lipinski definition) is 2. The maximum Gasteiger partial charge on any atom is 0.254 e. The number of ether oxygens (including phenoxy) is 1. The van der Waals surface area contributed by atoms with Gasteiger partial charge in [-0.05, 0) is 42.2 Å². The molecule has 1 fully saturated rings. The highest BCUT2D eigenvalue weighted by molar-refractivity contribution is 6.24. The first-order valence-electron chi connectivity index (χ1n) is 8.98. The molecule has 0 spiro atoms. The predicted molar refractivity (Wildman–Crippen MR) is 102 cm³/mol. The Labute approximate surface area is 149 Å². The highest BCUT2D eigenvalue weighted by atomic mass is 16.5. The van der Waals surface area contributed by atoms with E-state index in [0.29, 0.717) is 0 Å². The third-order valence-electron chi connectivity index (χ3n) is 4.64. The zero-order valence-corrected chi connectivity index (χ0v) is 14.8. The molecule has 0 N–H and O–H groups in total. The van der Waals surface area contributed by atoms with Gasteiger partial charge in [-0.2, -0.15) is 0 Å². The number of benzene rings is 2. The third kappa shape index (κ3) is 4.50. The molecule has 1 aliphatic heterocycles. The van der Waals surface area contributed by atoms with Gasteiger partial charge in [-0.25, -0.2) is 0 Å². The van der Waals surface area contributed by atoms with E-state index in [4.69, 9.17) is 4.74 Å². The lowest BCUT2D eigenvalue weighted by molar-refractivity contribution is -0.124. The molecular formula is C22H25NO2. The summed E-state index contributed by atoms with van der Waals surface area (Å²) in [4.78, 5) is 15.2. The highest BCUT2D eigenvalue weighted by Gasteiger charge is 2.20. The Morgan fingerprint density at radius 3 is 2.16 bits per heavy atom. The lowest BCUT2D eigenvalue weighted by Crippen LogP contribution is -2.32. The molecule has 3 heteroatoms. The summed E-state index contributed by atoms with van der Waals surface area (Å²) in [6.07, 6.45) is 6.61. The van der Waals surface area contributed by atoms with E-state index in [2.05, 4.69) is 0 Å². The highest BCUT2D eigenvalue weighted by Crippen LogP contribution is 2.23. The number of amides is 1. The van der Waals surface area contributed by atoms with Crippen molar-refractivity contribution in [1.29, 1.82) is 0 Å². The van der Waals surface area contributed by atoms with Crippen molar-refractivity contribution in [2.45, 2.75) is 25.7 Å². The number of nitrogens with zero attached hydrogens (tertiary/aromatic N) is 1. The molecule has 25 heavy (non-hydrogen) atoms. The minimum Gasteiger partial charge on any atom is -0.497 e. The Bertz CT molecular complexity index is 711. The van der Waals surface area contributed by atoms with Gasteiger partial charge in [0.2, 0.25) is 0 Å². The van der Waals surface area contributed by atoms with E-state index in [1.165, 1.54) is 12.8 Å². The Hall–Kier alpha value is -2.55. The van der Waals surface area contributed by atoms with Gasteiger partial charge in [0.1, 0.15) is 5.75 Å². The molecule has 0 saturated carbocycles. The molecule has 1 saturated heterocycles. The average Bonchev–Trinajstić information content (AvgIpc) is 2.96. The molecular weight excluding hydrogens is 310 g/mol. The molecule has 130 valence electrons. The molecule has 0 aliphatic carbocycles. The van der Waals surface area contributed by atoms with E-state index < -0.39 is 0 Å². The summed E-state index contributed by atoms with van der Waals surface area (Å²) in [5.74, 6) is 0.946. The van der Waals surface area contributed by atoms with Gasteiger partial charge >= 0.3 is 0 Å². The zero-order chi connectivity index (χ0) is 17.5. The molecule has 3 rings (SSSR count). The molecule has 0 bridgehead atoms. The van der Waals surface area contributed by atoms with Gasteiger partial charge in [0.25, 0.3) is 5.91 Å². The molecule has 1 aliphatic rings. The van der Waals surface area contributed by atoms with E-state index in [9.17, 15) is 4.79 Å². The largest absolute Gasteiger partial charge is 0.497 e. The van der Waals surface area contributed by atoms with Crippen LogP contribution in [0.1, 0.15) is 36.8 Å². The Balaban J connectivity index is 1.94. The summed E-state index contributed by atoms with van der Waals surface area (Å²) in [7, 11) is 1.66. The maximum absolute atomic E-state index is 13.2. The van der Waals surface area contributed by atoms with E-state index in [-0.39, 0.29) is 5.91 Å². The minimum atomic E-state index is 0.129. The molecule has 1 amide bonds. The quantitative estimate of drug-likeness (QED) is 0.602. The standard InChI is InChI=1S/C22H25NO2/c1-25-20-13-11-18(12-14-20)17-21(19-9-5-4-6-10-19)22(24)23-15-7-2-3-8-16-23/h4-6,9-14,17H,2-3,7-8,15-16H2,1H3/b21-17-. The lowest BCUT2D eigenvalue weighted by Gasteiger charge is -2.22. The van der Waals surface area contributed by atoms with Gasteiger partial charge in [-0.1, -0.05) is 55.3 Å². The molecule has 0 atom stereocenters. The fraction of sp³-hybridized carbons (Fsp3) is 0.318. The van der Waals surface area contributed by atoms with Gasteiger partial charge in [-0.3, -0.25) is 4.79 Å². The zero-order valence-electron chi connectivity index (χ0n) is 14.8. The van der Waals surface area contributed by atoms with Crippen molar-refractivity contribution in [3.63, 3.8) is 0 Å². The summed E-state index contributed by atoms with van der Waals surface area (Å²) in [5, 5.41) is 0. The molecule has 0 radical (unpaired) electrons. The van der Waals surface area contributed by atoms with E-state index >= 15 is 0 Å². The van der Waals surface area contributed by atoms with Crippen molar-refractivity contribution in [2.24, 2.45) is 0 Å². The second-order valence-electron chi connectivity index (χ2n) is 6.40. The first-order valence-corrected chi connectivity index (χ1v) is 8.98. The second kappa shape index (κ2) is 8.52. The van der Waals surface area contributed by atoms with E-state index in [0.717, 1.165) is 48.4 Å². The number of carbonyl (C=O) groups excluding carboxylic acids is 1. The van der Waals surface area contributed by atoms with Crippen LogP contribution in [0.15, 0.2) is 54.6 Å². The van der Waals surface area contributed by atoms with Gasteiger partial charge in [-0.15, -0.1) is 0 Å². The summed E-state index contributed by atoms with van der Waals surface area (Å²) < 4.78 is 5.22.